The van der Waals surface area contributed by atoms with Gasteiger partial charge in [-0.05, 0) is 67.8 Å². The lowest BCUT2D eigenvalue weighted by atomic mass is 9.99. The maximum Gasteiger partial charge on any atom is 0.410 e. The van der Waals surface area contributed by atoms with E-state index in [4.69, 9.17) is 22.1 Å². The molecule has 1 aromatic heterocycles. The van der Waals surface area contributed by atoms with E-state index < -0.39 is 12.2 Å². The number of nitrogens with two attached hydrogens (primary N) is 1. The molecule has 13 heteroatoms. The summed E-state index contributed by atoms with van der Waals surface area (Å²) in [5, 5.41) is 5.41. The van der Waals surface area contributed by atoms with Crippen LogP contribution in [0.4, 0.5) is 21.0 Å². The van der Waals surface area contributed by atoms with Gasteiger partial charge in [0.05, 0.1) is 22.9 Å². The Morgan fingerprint density at radius 3 is 2.39 bits per heavy atom. The van der Waals surface area contributed by atoms with E-state index in [9.17, 15) is 14.4 Å². The summed E-state index contributed by atoms with van der Waals surface area (Å²) in [5.41, 5.74) is 9.34. The Labute approximate surface area is 280 Å². The third-order valence-electron chi connectivity index (χ3n) is 10.2. The first-order chi connectivity index (χ1) is 22.2. The number of anilines is 2. The Kier molecular flexibility index (Phi) is 10.3. The van der Waals surface area contributed by atoms with Crippen LogP contribution >= 0.6 is 22.9 Å². The predicted molar refractivity (Wildman–Crippen MR) is 181 cm³/mol. The Hall–Kier alpha value is -3.06. The third-order valence-corrected chi connectivity index (χ3v) is 11.4. The zero-order valence-corrected chi connectivity index (χ0v) is 28.5. The zero-order valence-electron chi connectivity index (χ0n) is 26.9. The quantitative estimate of drug-likeness (QED) is 0.421. The van der Waals surface area contributed by atoms with E-state index in [0.29, 0.717) is 68.7 Å². The van der Waals surface area contributed by atoms with Gasteiger partial charge in [0.25, 0.3) is 5.91 Å². The van der Waals surface area contributed by atoms with E-state index in [1.807, 2.05) is 34.2 Å². The van der Waals surface area contributed by atoms with Gasteiger partial charge < -0.3 is 35.4 Å². The maximum absolute atomic E-state index is 14.0. The molecule has 0 radical (unpaired) electrons. The molecule has 4 aliphatic heterocycles. The van der Waals surface area contributed by atoms with E-state index in [-0.39, 0.29) is 24.4 Å². The van der Waals surface area contributed by atoms with Crippen molar-refractivity contribution in [3.8, 4) is 0 Å². The Balaban J connectivity index is 1.10. The summed E-state index contributed by atoms with van der Waals surface area (Å²) >= 11 is 8.11. The minimum absolute atomic E-state index is 0.0303. The molecule has 3 saturated heterocycles. The van der Waals surface area contributed by atoms with Crippen molar-refractivity contribution < 1.29 is 19.1 Å². The number of nitrogens with zero attached hydrogens (tertiary/aromatic N) is 5. The fourth-order valence-electron chi connectivity index (χ4n) is 7.22. The van der Waals surface area contributed by atoms with Gasteiger partial charge in [0.1, 0.15) is 0 Å². The number of fused-ring (bicyclic) bond motifs is 1. The van der Waals surface area contributed by atoms with Crippen LogP contribution in [0.1, 0.15) is 48.6 Å². The van der Waals surface area contributed by atoms with Crippen LogP contribution in [-0.2, 0) is 28.9 Å². The number of urea groups is 1. The molecule has 4 aliphatic rings. The molecule has 0 unspecified atom stereocenters. The third kappa shape index (κ3) is 7.25. The van der Waals surface area contributed by atoms with Crippen molar-refractivity contribution in [1.82, 2.24) is 24.5 Å². The summed E-state index contributed by atoms with van der Waals surface area (Å²) in [5.74, 6) is -0.164. The van der Waals surface area contributed by atoms with Crippen LogP contribution in [0, 0.1) is 0 Å². The molecule has 4 amide bonds. The second-order valence-corrected chi connectivity index (χ2v) is 14.4. The molecule has 3 N–H and O–H groups in total. The average Bonchev–Trinajstić information content (AvgIpc) is 3.53. The van der Waals surface area contributed by atoms with Crippen LogP contribution in [-0.4, -0.2) is 120 Å². The minimum Gasteiger partial charge on any atom is -0.436 e. The van der Waals surface area contributed by atoms with E-state index in [2.05, 4.69) is 22.2 Å². The van der Waals surface area contributed by atoms with Crippen molar-refractivity contribution in [1.29, 1.82) is 0 Å². The lowest BCUT2D eigenvalue weighted by Crippen LogP contribution is -2.54. The highest BCUT2D eigenvalue weighted by molar-refractivity contribution is 7.10. The number of nitrogen functional groups attached to an aromatic ring is 1. The average molecular weight is 672 g/mol. The molecule has 3 fully saturated rings. The molecule has 2 aromatic rings. The van der Waals surface area contributed by atoms with Crippen molar-refractivity contribution >= 4 is 52.3 Å². The topological polar surface area (TPSA) is 115 Å². The van der Waals surface area contributed by atoms with Crippen LogP contribution in [0.3, 0.4) is 0 Å². The van der Waals surface area contributed by atoms with Gasteiger partial charge in [-0.1, -0.05) is 24.6 Å². The number of amides is 4. The smallest absolute Gasteiger partial charge is 0.410 e. The molecule has 250 valence electrons. The standard InChI is InChI=1S/C33H46ClN7O4S/c1-3-23-18-22(19-26(34)30(23)35)20-28(31(42)39-9-4-24(5-10-39)38-15-13-37(2)14-16-38)45-33(44)40-11-6-25(7-12-40)41-21-29-27(8-17-46-29)36-32(41)43/h8,17-19,24-25,28H,3-7,9-16,20-21,35H2,1-2H3,(H,36,43)/t28-/m1/s1. The van der Waals surface area contributed by atoms with Crippen molar-refractivity contribution in [2.45, 2.75) is 70.2 Å². The minimum atomic E-state index is -0.972. The summed E-state index contributed by atoms with van der Waals surface area (Å²) in [6, 6.07) is 6.07. The van der Waals surface area contributed by atoms with Crippen molar-refractivity contribution in [3.63, 3.8) is 0 Å². The number of carbonyl (C=O) groups is 3. The second-order valence-electron chi connectivity index (χ2n) is 13.0. The van der Waals surface area contributed by atoms with Gasteiger partial charge in [0, 0.05) is 75.7 Å². The number of piperidine rings is 2. The molecule has 5 heterocycles. The number of halogens is 1. The second kappa shape index (κ2) is 14.4. The highest BCUT2D eigenvalue weighted by Crippen LogP contribution is 2.32. The van der Waals surface area contributed by atoms with Crippen molar-refractivity contribution in [2.75, 3.05) is 70.5 Å². The lowest BCUT2D eigenvalue weighted by molar-refractivity contribution is -0.142. The molecule has 1 atom stereocenters. The van der Waals surface area contributed by atoms with Gasteiger partial charge in [-0.25, -0.2) is 9.59 Å². The summed E-state index contributed by atoms with van der Waals surface area (Å²) in [6.07, 6.45) is 2.58. The molecule has 11 nitrogen and oxygen atoms in total. The number of piperazine rings is 1. The van der Waals surface area contributed by atoms with Gasteiger partial charge in [-0.2, -0.15) is 0 Å². The fraction of sp³-hybridized carbons (Fsp3) is 0.606. The maximum atomic E-state index is 14.0. The Morgan fingerprint density at radius 2 is 1.70 bits per heavy atom. The van der Waals surface area contributed by atoms with Crippen molar-refractivity contribution in [2.24, 2.45) is 0 Å². The summed E-state index contributed by atoms with van der Waals surface area (Å²) in [7, 11) is 2.16. The summed E-state index contributed by atoms with van der Waals surface area (Å²) in [4.78, 5) is 51.8. The molecule has 6 rings (SSSR count). The number of hydrogen-bond donors (Lipinski definition) is 2. The lowest BCUT2D eigenvalue weighted by Gasteiger charge is -2.42. The molecule has 46 heavy (non-hydrogen) atoms. The number of hydrogen-bond acceptors (Lipinski definition) is 8. The monoisotopic (exact) mass is 671 g/mol. The Morgan fingerprint density at radius 1 is 1.02 bits per heavy atom. The van der Waals surface area contributed by atoms with E-state index in [0.717, 1.165) is 60.7 Å². The molecule has 0 spiro atoms. The van der Waals surface area contributed by atoms with E-state index in [1.54, 1.807) is 22.3 Å². The predicted octanol–water partition coefficient (Wildman–Crippen LogP) is 4.34. The number of benzene rings is 1. The highest BCUT2D eigenvalue weighted by Gasteiger charge is 2.37. The molecule has 0 saturated carbocycles. The summed E-state index contributed by atoms with van der Waals surface area (Å²) in [6.45, 7) is 9.03. The molecular formula is C33H46ClN7O4S. The zero-order chi connectivity index (χ0) is 32.4. The van der Waals surface area contributed by atoms with Gasteiger partial charge in [-0.3, -0.25) is 9.69 Å². The number of carbonyl (C=O) groups excluding carboxylic acids is 3. The molecule has 0 bridgehead atoms. The van der Waals surface area contributed by atoms with Crippen LogP contribution in [0.2, 0.25) is 5.02 Å². The van der Waals surface area contributed by atoms with Crippen molar-refractivity contribution in [3.05, 3.63) is 44.6 Å². The molecule has 1 aromatic carbocycles. The summed E-state index contributed by atoms with van der Waals surface area (Å²) < 4.78 is 6.06. The van der Waals surface area contributed by atoms with Gasteiger partial charge >= 0.3 is 12.1 Å². The van der Waals surface area contributed by atoms with E-state index in [1.165, 1.54) is 0 Å². The number of likely N-dealkylation sites (N-methyl/N-ethyl adjacent to an activating group) is 1. The molecule has 0 aliphatic carbocycles. The number of likely N-dealkylation sites (tertiary alicyclic amines) is 2. The van der Waals surface area contributed by atoms with Gasteiger partial charge in [0.15, 0.2) is 6.10 Å². The van der Waals surface area contributed by atoms with Crippen LogP contribution in [0.25, 0.3) is 0 Å². The molecular weight excluding hydrogens is 626 g/mol. The van der Waals surface area contributed by atoms with E-state index >= 15 is 0 Å². The van der Waals surface area contributed by atoms with Crippen LogP contribution in [0.15, 0.2) is 23.6 Å². The number of rotatable bonds is 7. The highest BCUT2D eigenvalue weighted by atomic mass is 35.5. The first kappa shape index (κ1) is 32.9. The van der Waals surface area contributed by atoms with Crippen LogP contribution < -0.4 is 11.1 Å². The van der Waals surface area contributed by atoms with Crippen LogP contribution in [0.5, 0.6) is 0 Å². The van der Waals surface area contributed by atoms with Gasteiger partial charge in [-0.15, -0.1) is 11.3 Å². The number of ether oxygens (including phenoxy) is 1. The largest absolute Gasteiger partial charge is 0.436 e. The first-order valence-electron chi connectivity index (χ1n) is 16.6. The normalized spacial score (nSPS) is 21.2. The number of nitrogens with one attached hydrogen (secondary N) is 1. The SMILES string of the molecule is CCc1cc(C[C@@H](OC(=O)N2CCC(N3Cc4sccc4NC3=O)CC2)C(=O)N2CCC(N3CCN(C)CC3)CC2)cc(Cl)c1N. The van der Waals surface area contributed by atoms with Gasteiger partial charge in [0.2, 0.25) is 0 Å². The number of thiophene rings is 1. The number of aryl methyl sites for hydroxylation is 1. The first-order valence-corrected chi connectivity index (χ1v) is 17.8. The fourth-order valence-corrected chi connectivity index (χ4v) is 8.31. The Bertz CT molecular complexity index is 1410.